The van der Waals surface area contributed by atoms with Gasteiger partial charge in [0, 0.05) is 67.4 Å². The van der Waals surface area contributed by atoms with Gasteiger partial charge in [0.2, 0.25) is 0 Å². The molecule has 1 saturated heterocycles. The number of aryl methyl sites for hydroxylation is 1. The highest BCUT2D eigenvalue weighted by molar-refractivity contribution is 7.08. The monoisotopic (exact) mass is 402 g/mol. The van der Waals surface area contributed by atoms with Gasteiger partial charge in [-0.3, -0.25) is 24.6 Å². The van der Waals surface area contributed by atoms with Crippen molar-refractivity contribution in [2.45, 2.75) is 6.92 Å². The van der Waals surface area contributed by atoms with Gasteiger partial charge in [-0.05, 0) is 24.4 Å². The molecule has 0 spiro atoms. The summed E-state index contributed by atoms with van der Waals surface area (Å²) in [7, 11) is 0. The number of hydrogen-bond acceptors (Lipinski definition) is 6. The van der Waals surface area contributed by atoms with Crippen LogP contribution < -0.4 is 5.32 Å². The summed E-state index contributed by atoms with van der Waals surface area (Å²) >= 11 is 1.49. The van der Waals surface area contributed by atoms with Crippen LogP contribution in [-0.2, 0) is 0 Å². The number of carbonyl (C=O) groups excluding carboxylic acids is 2. The molecule has 1 aromatic heterocycles. The van der Waals surface area contributed by atoms with Gasteiger partial charge in [-0.2, -0.15) is 11.3 Å². The largest absolute Gasteiger partial charge is 0.351 e. The standard InChI is InChI=1S/C19H22N4O4S/c1-14-2-3-15(12-17(14)23(26)27)19(25)22-9-7-21(8-10-22)6-5-20-18(24)16-4-11-28-13-16/h2-4,11-13H,5-10H2,1H3,(H,20,24). The molecular formula is C19H22N4O4S. The van der Waals surface area contributed by atoms with E-state index in [2.05, 4.69) is 10.2 Å². The zero-order valence-electron chi connectivity index (χ0n) is 15.6. The van der Waals surface area contributed by atoms with Gasteiger partial charge < -0.3 is 10.2 Å². The van der Waals surface area contributed by atoms with Crippen LogP contribution in [0.5, 0.6) is 0 Å². The molecule has 1 fully saturated rings. The maximum Gasteiger partial charge on any atom is 0.273 e. The van der Waals surface area contributed by atoms with Crippen molar-refractivity contribution in [2.24, 2.45) is 0 Å². The normalized spacial score (nSPS) is 14.7. The molecule has 0 bridgehead atoms. The van der Waals surface area contributed by atoms with E-state index in [9.17, 15) is 19.7 Å². The number of rotatable bonds is 6. The van der Waals surface area contributed by atoms with Gasteiger partial charge in [-0.25, -0.2) is 0 Å². The van der Waals surface area contributed by atoms with Crippen LogP contribution >= 0.6 is 11.3 Å². The van der Waals surface area contributed by atoms with Crippen LogP contribution in [0.4, 0.5) is 5.69 Å². The Labute approximate surface area is 166 Å². The third kappa shape index (κ3) is 4.73. The fourth-order valence-corrected chi connectivity index (χ4v) is 3.76. The highest BCUT2D eigenvalue weighted by atomic mass is 32.1. The van der Waals surface area contributed by atoms with Crippen molar-refractivity contribution in [2.75, 3.05) is 39.3 Å². The number of nitrogens with zero attached hydrogens (tertiary/aromatic N) is 3. The topological polar surface area (TPSA) is 95.8 Å². The van der Waals surface area contributed by atoms with Crippen molar-refractivity contribution < 1.29 is 14.5 Å². The van der Waals surface area contributed by atoms with Gasteiger partial charge in [0.25, 0.3) is 17.5 Å². The Morgan fingerprint density at radius 2 is 1.93 bits per heavy atom. The van der Waals surface area contributed by atoms with Crippen molar-refractivity contribution in [3.05, 3.63) is 61.8 Å². The summed E-state index contributed by atoms with van der Waals surface area (Å²) in [6.45, 7) is 5.43. The Kier molecular flexibility index (Phi) is 6.37. The van der Waals surface area contributed by atoms with Crippen LogP contribution in [-0.4, -0.2) is 65.8 Å². The number of benzene rings is 1. The van der Waals surface area contributed by atoms with E-state index in [1.807, 2.05) is 10.8 Å². The second kappa shape index (κ2) is 8.94. The second-order valence-corrected chi connectivity index (χ2v) is 7.44. The second-order valence-electron chi connectivity index (χ2n) is 6.66. The fraction of sp³-hybridized carbons (Fsp3) is 0.368. The molecule has 2 heterocycles. The lowest BCUT2D eigenvalue weighted by molar-refractivity contribution is -0.385. The van der Waals surface area contributed by atoms with E-state index in [1.54, 1.807) is 30.0 Å². The van der Waals surface area contributed by atoms with E-state index in [4.69, 9.17) is 0 Å². The minimum absolute atomic E-state index is 0.0363. The SMILES string of the molecule is Cc1ccc(C(=O)N2CCN(CCNC(=O)c3ccsc3)CC2)cc1[N+](=O)[O-]. The summed E-state index contributed by atoms with van der Waals surface area (Å²) < 4.78 is 0. The van der Waals surface area contributed by atoms with E-state index >= 15 is 0 Å². The van der Waals surface area contributed by atoms with Crippen molar-refractivity contribution in [1.29, 1.82) is 0 Å². The molecule has 2 amide bonds. The van der Waals surface area contributed by atoms with Gasteiger partial charge in [0.15, 0.2) is 0 Å². The molecule has 0 atom stereocenters. The van der Waals surface area contributed by atoms with Crippen LogP contribution in [0, 0.1) is 17.0 Å². The van der Waals surface area contributed by atoms with E-state index in [1.165, 1.54) is 17.4 Å². The van der Waals surface area contributed by atoms with Gasteiger partial charge in [-0.1, -0.05) is 6.07 Å². The number of thiophene rings is 1. The minimum Gasteiger partial charge on any atom is -0.351 e. The molecule has 1 aliphatic rings. The Morgan fingerprint density at radius 1 is 1.18 bits per heavy atom. The van der Waals surface area contributed by atoms with E-state index in [0.29, 0.717) is 56.0 Å². The molecule has 1 aliphatic heterocycles. The third-order valence-corrected chi connectivity index (χ3v) is 5.49. The number of piperazine rings is 1. The molecule has 0 radical (unpaired) electrons. The van der Waals surface area contributed by atoms with Crippen LogP contribution in [0.1, 0.15) is 26.3 Å². The van der Waals surface area contributed by atoms with Crippen molar-refractivity contribution in [1.82, 2.24) is 15.1 Å². The maximum atomic E-state index is 12.7. The average Bonchev–Trinajstić information content (AvgIpc) is 3.23. The van der Waals surface area contributed by atoms with Crippen molar-refractivity contribution in [3.63, 3.8) is 0 Å². The summed E-state index contributed by atoms with van der Waals surface area (Å²) in [5.41, 5.74) is 1.52. The van der Waals surface area contributed by atoms with Crippen LogP contribution in [0.15, 0.2) is 35.0 Å². The summed E-state index contributed by atoms with van der Waals surface area (Å²) in [6.07, 6.45) is 0. The first-order chi connectivity index (χ1) is 13.5. The van der Waals surface area contributed by atoms with Gasteiger partial charge in [-0.15, -0.1) is 0 Å². The lowest BCUT2D eigenvalue weighted by atomic mass is 10.1. The highest BCUT2D eigenvalue weighted by Crippen LogP contribution is 2.20. The first-order valence-electron chi connectivity index (χ1n) is 9.03. The zero-order valence-corrected chi connectivity index (χ0v) is 16.4. The van der Waals surface area contributed by atoms with Crippen molar-refractivity contribution in [3.8, 4) is 0 Å². The van der Waals surface area contributed by atoms with Gasteiger partial charge in [0.05, 0.1) is 4.92 Å². The molecule has 0 unspecified atom stereocenters. The Hall–Kier alpha value is -2.78. The van der Waals surface area contributed by atoms with Gasteiger partial charge >= 0.3 is 0 Å². The summed E-state index contributed by atoms with van der Waals surface area (Å²) in [4.78, 5) is 39.1. The van der Waals surface area contributed by atoms with Crippen molar-refractivity contribution >= 4 is 28.8 Å². The number of nitro groups is 1. The molecule has 2 aromatic rings. The lowest BCUT2D eigenvalue weighted by Gasteiger charge is -2.34. The van der Waals surface area contributed by atoms with Gasteiger partial charge in [0.1, 0.15) is 0 Å². The smallest absolute Gasteiger partial charge is 0.273 e. The molecule has 148 valence electrons. The number of carbonyl (C=O) groups is 2. The zero-order chi connectivity index (χ0) is 20.1. The van der Waals surface area contributed by atoms with Crippen LogP contribution in [0.2, 0.25) is 0 Å². The van der Waals surface area contributed by atoms with Crippen LogP contribution in [0.25, 0.3) is 0 Å². The molecule has 1 N–H and O–H groups in total. The number of hydrogen-bond donors (Lipinski definition) is 1. The fourth-order valence-electron chi connectivity index (χ4n) is 3.12. The van der Waals surface area contributed by atoms with E-state index in [0.717, 1.165) is 0 Å². The molecule has 0 saturated carbocycles. The third-order valence-electron chi connectivity index (χ3n) is 4.81. The predicted octanol–water partition coefficient (Wildman–Crippen LogP) is 2.15. The molecule has 9 heteroatoms. The Bertz CT molecular complexity index is 861. The minimum atomic E-state index is -0.464. The number of amides is 2. The molecular weight excluding hydrogens is 380 g/mol. The summed E-state index contributed by atoms with van der Waals surface area (Å²) in [5, 5.41) is 17.7. The summed E-state index contributed by atoms with van der Waals surface area (Å²) in [5.74, 6) is -0.260. The van der Waals surface area contributed by atoms with E-state index < -0.39 is 4.92 Å². The number of nitro benzene ring substituents is 1. The Balaban J connectivity index is 1.47. The maximum absolute atomic E-state index is 12.7. The quantitative estimate of drug-likeness (QED) is 0.590. The summed E-state index contributed by atoms with van der Waals surface area (Å²) in [6, 6.07) is 6.39. The predicted molar refractivity (Wildman–Crippen MR) is 107 cm³/mol. The first-order valence-corrected chi connectivity index (χ1v) is 9.97. The molecule has 0 aliphatic carbocycles. The molecule has 28 heavy (non-hydrogen) atoms. The van der Waals surface area contributed by atoms with Crippen LogP contribution in [0.3, 0.4) is 0 Å². The lowest BCUT2D eigenvalue weighted by Crippen LogP contribution is -2.50. The average molecular weight is 402 g/mol. The first kappa shape index (κ1) is 20.0. The highest BCUT2D eigenvalue weighted by Gasteiger charge is 2.24. The Morgan fingerprint density at radius 3 is 2.57 bits per heavy atom. The molecule has 1 aromatic carbocycles. The molecule has 3 rings (SSSR count). The van der Waals surface area contributed by atoms with E-state index in [-0.39, 0.29) is 17.5 Å². The molecule has 8 nitrogen and oxygen atoms in total. The number of nitrogens with one attached hydrogen (secondary N) is 1.